The second kappa shape index (κ2) is 6.72. The Hall–Kier alpha value is -3.22. The van der Waals surface area contributed by atoms with E-state index in [1.807, 2.05) is 6.92 Å². The van der Waals surface area contributed by atoms with Gasteiger partial charge in [0, 0.05) is 22.6 Å². The van der Waals surface area contributed by atoms with Gasteiger partial charge >= 0.3 is 0 Å². The van der Waals surface area contributed by atoms with Gasteiger partial charge in [-0.15, -0.1) is 10.2 Å². The van der Waals surface area contributed by atoms with Crippen molar-refractivity contribution in [2.24, 2.45) is 5.10 Å². The summed E-state index contributed by atoms with van der Waals surface area (Å²) in [6.07, 6.45) is 1.70. The van der Waals surface area contributed by atoms with Crippen molar-refractivity contribution < 1.29 is 0 Å². The molecule has 1 aromatic carbocycles. The van der Waals surface area contributed by atoms with Crippen LogP contribution in [0.3, 0.4) is 0 Å². The van der Waals surface area contributed by atoms with E-state index in [1.165, 1.54) is 5.56 Å². The number of nitrogens with zero attached hydrogens (tertiary/aromatic N) is 4. The van der Waals surface area contributed by atoms with Crippen molar-refractivity contribution in [1.29, 1.82) is 0 Å². The molecule has 0 aliphatic rings. The smallest absolute Gasteiger partial charge is 0.274 e. The topological polar surface area (TPSA) is 88.0 Å². The van der Waals surface area contributed by atoms with E-state index in [1.54, 1.807) is 13.1 Å². The summed E-state index contributed by atoms with van der Waals surface area (Å²) in [7, 11) is 0. The Morgan fingerprint density at radius 3 is 2.52 bits per heavy atom. The van der Waals surface area contributed by atoms with Gasteiger partial charge in [0.05, 0.1) is 6.21 Å². The van der Waals surface area contributed by atoms with Crippen molar-refractivity contribution in [3.05, 3.63) is 68.9 Å². The van der Waals surface area contributed by atoms with Gasteiger partial charge in [-0.3, -0.25) is 9.78 Å². The van der Waals surface area contributed by atoms with Crippen LogP contribution in [0.1, 0.15) is 28.2 Å². The van der Waals surface area contributed by atoms with Gasteiger partial charge in [-0.25, -0.2) is 5.43 Å². The first-order chi connectivity index (χ1) is 12.0. The zero-order chi connectivity index (χ0) is 18.0. The van der Waals surface area contributed by atoms with Crippen LogP contribution in [-0.2, 0) is 0 Å². The van der Waals surface area contributed by atoms with Crippen LogP contribution >= 0.6 is 0 Å². The lowest BCUT2D eigenvalue weighted by molar-refractivity contribution is 0.897. The van der Waals surface area contributed by atoms with Crippen molar-refractivity contribution in [2.45, 2.75) is 27.7 Å². The predicted octanol–water partition coefficient (Wildman–Crippen LogP) is 2.64. The maximum absolute atomic E-state index is 11.5. The monoisotopic (exact) mass is 336 g/mol. The predicted molar refractivity (Wildman–Crippen MR) is 98.6 cm³/mol. The molecular weight excluding hydrogens is 316 g/mol. The molecular formula is C18H20N6O. The summed E-state index contributed by atoms with van der Waals surface area (Å²) in [4.78, 5) is 14.1. The van der Waals surface area contributed by atoms with Crippen LogP contribution < -0.4 is 11.0 Å². The van der Waals surface area contributed by atoms with Crippen LogP contribution in [0, 0.1) is 27.7 Å². The lowest BCUT2D eigenvalue weighted by Crippen LogP contribution is -2.15. The third-order valence-corrected chi connectivity index (χ3v) is 4.00. The SMILES string of the molecule is Cc1ccc(-n2c(C)cc(/C=N/Nc3nnc(C)c(=O)[nH]3)c2C)cc1. The summed E-state index contributed by atoms with van der Waals surface area (Å²) >= 11 is 0. The number of benzene rings is 1. The number of aromatic amines is 1. The number of aromatic nitrogens is 4. The second-order valence-corrected chi connectivity index (χ2v) is 5.96. The molecule has 0 bridgehead atoms. The number of hydrazone groups is 1. The summed E-state index contributed by atoms with van der Waals surface area (Å²) in [5.41, 5.74) is 8.24. The van der Waals surface area contributed by atoms with E-state index >= 15 is 0 Å². The zero-order valence-electron chi connectivity index (χ0n) is 14.7. The molecule has 0 amide bonds. The standard InChI is InChI=1S/C18H20N6O/c1-11-5-7-16(8-6-11)24-12(2)9-15(14(24)4)10-19-22-18-20-17(25)13(3)21-23-18/h5-10H,1-4H3,(H2,20,22,23,25)/b19-10+. The molecule has 0 atom stereocenters. The summed E-state index contributed by atoms with van der Waals surface area (Å²) in [6, 6.07) is 10.4. The number of hydrogen-bond donors (Lipinski definition) is 2. The number of nitrogens with one attached hydrogen (secondary N) is 2. The molecule has 2 N–H and O–H groups in total. The Balaban J connectivity index is 1.83. The molecule has 2 aromatic heterocycles. The van der Waals surface area contributed by atoms with E-state index in [-0.39, 0.29) is 11.5 Å². The summed E-state index contributed by atoms with van der Waals surface area (Å²) in [5.74, 6) is 0.208. The first-order valence-electron chi connectivity index (χ1n) is 7.94. The van der Waals surface area contributed by atoms with Crippen LogP contribution in [-0.4, -0.2) is 26.0 Å². The van der Waals surface area contributed by atoms with Gasteiger partial charge in [0.1, 0.15) is 5.69 Å². The van der Waals surface area contributed by atoms with Crippen LogP contribution in [0.5, 0.6) is 0 Å². The highest BCUT2D eigenvalue weighted by Gasteiger charge is 2.09. The molecule has 25 heavy (non-hydrogen) atoms. The van der Waals surface area contributed by atoms with Crippen molar-refractivity contribution in [3.8, 4) is 5.69 Å². The Morgan fingerprint density at radius 2 is 1.84 bits per heavy atom. The van der Waals surface area contributed by atoms with Crippen molar-refractivity contribution in [1.82, 2.24) is 19.7 Å². The van der Waals surface area contributed by atoms with E-state index in [0.717, 1.165) is 22.6 Å². The molecule has 0 saturated carbocycles. The Labute approximate surface area is 145 Å². The fourth-order valence-corrected chi connectivity index (χ4v) is 2.62. The number of aryl methyl sites for hydroxylation is 3. The largest absolute Gasteiger partial charge is 0.318 e. The van der Waals surface area contributed by atoms with E-state index in [4.69, 9.17) is 0 Å². The summed E-state index contributed by atoms with van der Waals surface area (Å²) < 4.78 is 2.17. The fraction of sp³-hybridized carbons (Fsp3) is 0.222. The lowest BCUT2D eigenvalue weighted by Gasteiger charge is -2.09. The van der Waals surface area contributed by atoms with Crippen LogP contribution in [0.2, 0.25) is 0 Å². The molecule has 0 fully saturated rings. The quantitative estimate of drug-likeness (QED) is 0.566. The minimum atomic E-state index is -0.287. The molecule has 0 spiro atoms. The van der Waals surface area contributed by atoms with Gasteiger partial charge in [0.2, 0.25) is 5.95 Å². The fourth-order valence-electron chi connectivity index (χ4n) is 2.62. The molecule has 0 aliphatic carbocycles. The van der Waals surface area contributed by atoms with Gasteiger partial charge in [0.25, 0.3) is 5.56 Å². The van der Waals surface area contributed by atoms with Crippen molar-refractivity contribution in [3.63, 3.8) is 0 Å². The number of rotatable bonds is 4. The number of hydrogen-bond acceptors (Lipinski definition) is 5. The Morgan fingerprint density at radius 1 is 1.12 bits per heavy atom. The zero-order valence-corrected chi connectivity index (χ0v) is 14.7. The molecule has 128 valence electrons. The minimum absolute atomic E-state index is 0.208. The van der Waals surface area contributed by atoms with Gasteiger partial charge < -0.3 is 4.57 Å². The molecule has 0 unspecified atom stereocenters. The first kappa shape index (κ1) is 16.6. The van der Waals surface area contributed by atoms with E-state index < -0.39 is 0 Å². The van der Waals surface area contributed by atoms with Crippen molar-refractivity contribution >= 4 is 12.2 Å². The minimum Gasteiger partial charge on any atom is -0.318 e. The highest BCUT2D eigenvalue weighted by molar-refractivity contribution is 5.82. The van der Waals surface area contributed by atoms with Gasteiger partial charge in [-0.2, -0.15) is 5.10 Å². The maximum Gasteiger partial charge on any atom is 0.274 e. The second-order valence-electron chi connectivity index (χ2n) is 5.96. The van der Waals surface area contributed by atoms with Crippen LogP contribution in [0.15, 0.2) is 40.2 Å². The number of H-pyrrole nitrogens is 1. The third kappa shape index (κ3) is 3.50. The molecule has 2 heterocycles. The van der Waals surface area contributed by atoms with Gasteiger partial charge in [0.15, 0.2) is 0 Å². The molecule has 0 saturated heterocycles. The third-order valence-electron chi connectivity index (χ3n) is 4.00. The summed E-state index contributed by atoms with van der Waals surface area (Å²) in [6.45, 7) is 7.77. The first-order valence-corrected chi connectivity index (χ1v) is 7.94. The van der Waals surface area contributed by atoms with Crippen LogP contribution in [0.25, 0.3) is 5.69 Å². The number of anilines is 1. The Kier molecular flexibility index (Phi) is 4.47. The Bertz CT molecular complexity index is 982. The van der Waals surface area contributed by atoms with Crippen LogP contribution in [0.4, 0.5) is 5.95 Å². The molecule has 0 radical (unpaired) electrons. The highest BCUT2D eigenvalue weighted by atomic mass is 16.1. The normalized spacial score (nSPS) is 11.2. The summed E-state index contributed by atoms with van der Waals surface area (Å²) in [5, 5.41) is 11.7. The van der Waals surface area contributed by atoms with E-state index in [9.17, 15) is 4.79 Å². The average molecular weight is 336 g/mol. The lowest BCUT2D eigenvalue weighted by atomic mass is 10.2. The molecule has 3 rings (SSSR count). The maximum atomic E-state index is 11.5. The molecule has 7 nitrogen and oxygen atoms in total. The van der Waals surface area contributed by atoms with Crippen molar-refractivity contribution in [2.75, 3.05) is 5.43 Å². The highest BCUT2D eigenvalue weighted by Crippen LogP contribution is 2.20. The van der Waals surface area contributed by atoms with E-state index in [0.29, 0.717) is 5.69 Å². The van der Waals surface area contributed by atoms with Gasteiger partial charge in [-0.05, 0) is 45.9 Å². The molecule has 7 heteroatoms. The molecule has 0 aliphatic heterocycles. The van der Waals surface area contributed by atoms with Gasteiger partial charge in [-0.1, -0.05) is 17.7 Å². The van der Waals surface area contributed by atoms with E-state index in [2.05, 4.69) is 74.5 Å². The molecule has 3 aromatic rings. The average Bonchev–Trinajstić information content (AvgIpc) is 2.86.